The van der Waals surface area contributed by atoms with Crippen molar-refractivity contribution in [3.63, 3.8) is 0 Å². The Morgan fingerprint density at radius 3 is 2.03 bits per heavy atom. The van der Waals surface area contributed by atoms with E-state index >= 15 is 0 Å². The molecule has 1 atom stereocenters. The summed E-state index contributed by atoms with van der Waals surface area (Å²) in [5.74, 6) is 1.15. The number of rotatable bonds is 6. The van der Waals surface area contributed by atoms with Crippen molar-refractivity contribution in [2.45, 2.75) is 38.6 Å². The number of nitrogens with zero attached hydrogens (tertiary/aromatic N) is 2. The first-order valence-corrected chi connectivity index (χ1v) is 11.8. The first-order chi connectivity index (χ1) is 13.9. The van der Waals surface area contributed by atoms with Gasteiger partial charge >= 0.3 is 0 Å². The molecule has 1 aliphatic heterocycles. The Labute approximate surface area is 173 Å². The molecule has 0 saturated carbocycles. The number of likely N-dealkylation sites (tertiary alicyclic amines) is 1. The van der Waals surface area contributed by atoms with Gasteiger partial charge in [-0.3, -0.25) is 9.10 Å². The van der Waals surface area contributed by atoms with Crippen molar-refractivity contribution < 1.29 is 17.9 Å². The van der Waals surface area contributed by atoms with Crippen molar-refractivity contribution in [2.24, 2.45) is 0 Å². The number of para-hydroxylation sites is 1. The Morgan fingerprint density at radius 1 is 0.931 bits per heavy atom. The molecule has 29 heavy (non-hydrogen) atoms. The summed E-state index contributed by atoms with van der Waals surface area (Å²) >= 11 is 0. The molecule has 6 nitrogen and oxygen atoms in total. The van der Waals surface area contributed by atoms with Gasteiger partial charge in [0.25, 0.3) is 0 Å². The number of ether oxygens (including phenoxy) is 1. The van der Waals surface area contributed by atoms with Gasteiger partial charge < -0.3 is 9.64 Å². The quantitative estimate of drug-likeness (QED) is 0.713. The standard InChI is InChI=1S/C22H28N2O4S/c1-18(22(25)23-16-8-3-4-9-17-23)24(29(2,26)27)19-12-14-21(15-13-19)28-20-10-6-5-7-11-20/h5-7,10-15,18H,3-4,8-9,16-17H2,1-2H3/t18-/m1/s1. The average Bonchev–Trinajstić information content (AvgIpc) is 2.98. The van der Waals surface area contributed by atoms with Gasteiger partial charge in [0.1, 0.15) is 17.5 Å². The zero-order valence-corrected chi connectivity index (χ0v) is 17.8. The van der Waals surface area contributed by atoms with Crippen molar-refractivity contribution in [1.82, 2.24) is 4.90 Å². The molecule has 0 unspecified atom stereocenters. The molecule has 0 aromatic heterocycles. The molecule has 0 spiro atoms. The number of carbonyl (C=O) groups is 1. The minimum Gasteiger partial charge on any atom is -0.457 e. The Kier molecular flexibility index (Phi) is 6.79. The highest BCUT2D eigenvalue weighted by atomic mass is 32.2. The number of hydrogen-bond donors (Lipinski definition) is 0. The maximum Gasteiger partial charge on any atom is 0.246 e. The predicted molar refractivity (Wildman–Crippen MR) is 115 cm³/mol. The van der Waals surface area contributed by atoms with Crippen LogP contribution < -0.4 is 9.04 Å². The second-order valence-electron chi connectivity index (χ2n) is 7.38. The van der Waals surface area contributed by atoms with Crippen LogP contribution in [0.15, 0.2) is 54.6 Å². The fourth-order valence-electron chi connectivity index (χ4n) is 3.64. The molecular weight excluding hydrogens is 388 g/mol. The van der Waals surface area contributed by atoms with E-state index in [1.165, 1.54) is 4.31 Å². The molecule has 1 aliphatic rings. The Hall–Kier alpha value is -2.54. The molecule has 2 aromatic carbocycles. The molecular formula is C22H28N2O4S. The number of hydrogen-bond acceptors (Lipinski definition) is 4. The van der Waals surface area contributed by atoms with Crippen LogP contribution in [0.4, 0.5) is 5.69 Å². The summed E-state index contributed by atoms with van der Waals surface area (Å²) in [4.78, 5) is 14.8. The summed E-state index contributed by atoms with van der Waals surface area (Å²) in [6.07, 6.45) is 5.27. The van der Waals surface area contributed by atoms with E-state index in [1.807, 2.05) is 30.3 Å². The van der Waals surface area contributed by atoms with E-state index in [1.54, 1.807) is 36.1 Å². The Morgan fingerprint density at radius 2 is 1.48 bits per heavy atom. The predicted octanol–water partition coefficient (Wildman–Crippen LogP) is 4.04. The third-order valence-electron chi connectivity index (χ3n) is 5.05. The van der Waals surface area contributed by atoms with E-state index in [0.29, 0.717) is 30.3 Å². The van der Waals surface area contributed by atoms with Crippen molar-refractivity contribution in [2.75, 3.05) is 23.7 Å². The lowest BCUT2D eigenvalue weighted by Crippen LogP contribution is -2.49. The van der Waals surface area contributed by atoms with Crippen molar-refractivity contribution >= 4 is 21.6 Å². The second-order valence-corrected chi connectivity index (χ2v) is 9.24. The molecule has 3 rings (SSSR count). The number of amides is 1. The van der Waals surface area contributed by atoms with Gasteiger partial charge in [-0.25, -0.2) is 8.42 Å². The van der Waals surface area contributed by atoms with E-state index in [0.717, 1.165) is 31.9 Å². The monoisotopic (exact) mass is 416 g/mol. The molecule has 2 aromatic rings. The number of carbonyl (C=O) groups excluding carboxylic acids is 1. The van der Waals surface area contributed by atoms with Crippen molar-refractivity contribution in [3.05, 3.63) is 54.6 Å². The minimum atomic E-state index is -3.64. The summed E-state index contributed by atoms with van der Waals surface area (Å²) in [6.45, 7) is 3.03. The molecule has 1 heterocycles. The summed E-state index contributed by atoms with van der Waals surface area (Å²) in [5, 5.41) is 0. The summed E-state index contributed by atoms with van der Waals surface area (Å²) in [6, 6.07) is 15.3. The molecule has 1 amide bonds. The second kappa shape index (κ2) is 9.31. The summed E-state index contributed by atoms with van der Waals surface area (Å²) in [5.41, 5.74) is 0.448. The van der Waals surface area contributed by atoms with Crippen LogP contribution in [0.3, 0.4) is 0 Å². The van der Waals surface area contributed by atoms with Crippen LogP contribution in [0.1, 0.15) is 32.6 Å². The largest absolute Gasteiger partial charge is 0.457 e. The fourth-order valence-corrected chi connectivity index (χ4v) is 4.81. The molecule has 0 bridgehead atoms. The third kappa shape index (κ3) is 5.50. The number of sulfonamides is 1. The topological polar surface area (TPSA) is 66.9 Å². The zero-order chi connectivity index (χ0) is 20.9. The van der Waals surface area contributed by atoms with Crippen LogP contribution in [0, 0.1) is 0 Å². The third-order valence-corrected chi connectivity index (χ3v) is 6.30. The zero-order valence-electron chi connectivity index (χ0n) is 17.0. The highest BCUT2D eigenvalue weighted by molar-refractivity contribution is 7.92. The van der Waals surface area contributed by atoms with E-state index < -0.39 is 16.1 Å². The highest BCUT2D eigenvalue weighted by Crippen LogP contribution is 2.27. The molecule has 0 N–H and O–H groups in total. The van der Waals surface area contributed by atoms with Gasteiger partial charge in [0.15, 0.2) is 0 Å². The van der Waals surface area contributed by atoms with Crippen LogP contribution in [-0.2, 0) is 14.8 Å². The van der Waals surface area contributed by atoms with Gasteiger partial charge in [-0.05, 0) is 56.2 Å². The van der Waals surface area contributed by atoms with Gasteiger partial charge in [-0.2, -0.15) is 0 Å². The van der Waals surface area contributed by atoms with Crippen molar-refractivity contribution in [1.29, 1.82) is 0 Å². The van der Waals surface area contributed by atoms with Crippen LogP contribution in [0.25, 0.3) is 0 Å². The van der Waals surface area contributed by atoms with Crippen LogP contribution in [-0.4, -0.2) is 44.6 Å². The molecule has 1 saturated heterocycles. The maximum atomic E-state index is 13.0. The van der Waals surface area contributed by atoms with Crippen LogP contribution in [0.5, 0.6) is 11.5 Å². The highest BCUT2D eigenvalue weighted by Gasteiger charge is 2.32. The molecule has 7 heteroatoms. The first-order valence-electron chi connectivity index (χ1n) is 9.97. The van der Waals surface area contributed by atoms with Crippen LogP contribution >= 0.6 is 0 Å². The van der Waals surface area contributed by atoms with Crippen LogP contribution in [0.2, 0.25) is 0 Å². The number of anilines is 1. The Bertz CT molecular complexity index is 906. The first kappa shape index (κ1) is 21.2. The van der Waals surface area contributed by atoms with E-state index in [4.69, 9.17) is 4.74 Å². The summed E-state index contributed by atoms with van der Waals surface area (Å²) < 4.78 is 32.0. The van der Waals surface area contributed by atoms with Gasteiger partial charge in [-0.1, -0.05) is 31.0 Å². The molecule has 0 radical (unpaired) electrons. The lowest BCUT2D eigenvalue weighted by Gasteiger charge is -2.32. The molecule has 1 fully saturated rings. The number of benzene rings is 2. The van der Waals surface area contributed by atoms with Gasteiger partial charge in [0, 0.05) is 13.1 Å². The molecule has 156 valence electrons. The fraction of sp³-hybridized carbons (Fsp3) is 0.409. The lowest BCUT2D eigenvalue weighted by atomic mass is 10.2. The van der Waals surface area contributed by atoms with Gasteiger partial charge in [0.2, 0.25) is 15.9 Å². The van der Waals surface area contributed by atoms with E-state index in [2.05, 4.69) is 0 Å². The van der Waals surface area contributed by atoms with E-state index in [9.17, 15) is 13.2 Å². The maximum absolute atomic E-state index is 13.0. The van der Waals surface area contributed by atoms with Gasteiger partial charge in [-0.15, -0.1) is 0 Å². The smallest absolute Gasteiger partial charge is 0.246 e. The lowest BCUT2D eigenvalue weighted by molar-refractivity contribution is -0.131. The van der Waals surface area contributed by atoms with E-state index in [-0.39, 0.29) is 5.91 Å². The minimum absolute atomic E-state index is 0.151. The van der Waals surface area contributed by atoms with Crippen molar-refractivity contribution in [3.8, 4) is 11.5 Å². The average molecular weight is 417 g/mol. The Balaban J connectivity index is 1.80. The van der Waals surface area contributed by atoms with Gasteiger partial charge in [0.05, 0.1) is 11.9 Å². The SMILES string of the molecule is C[C@H](C(=O)N1CCCCCC1)N(c1ccc(Oc2ccccc2)cc1)S(C)(=O)=O. The summed E-state index contributed by atoms with van der Waals surface area (Å²) in [7, 11) is -3.64. The molecule has 0 aliphatic carbocycles. The normalized spacial score (nSPS) is 16.0.